The number of hydrogen-bond donors (Lipinski definition) is 0. The average Bonchev–Trinajstić information content (AvgIpc) is 2.71. The Morgan fingerprint density at radius 2 is 1.86 bits per heavy atom. The molecule has 2 aromatic carbocycles. The maximum atomic E-state index is 13.6. The molecule has 0 aliphatic carbocycles. The van der Waals surface area contributed by atoms with E-state index < -0.39 is 35.4 Å². The van der Waals surface area contributed by atoms with Gasteiger partial charge in [-0.2, -0.15) is 0 Å². The molecule has 0 spiro atoms. The molecule has 0 aliphatic rings. The molecular formula is C20H22F2N2O5. The number of nitro benzene ring substituents is 1. The van der Waals surface area contributed by atoms with Crippen molar-refractivity contribution in [2.24, 2.45) is 0 Å². The summed E-state index contributed by atoms with van der Waals surface area (Å²) in [5, 5.41) is 11.5. The normalized spacial score (nSPS) is 11.1. The Morgan fingerprint density at radius 1 is 1.21 bits per heavy atom. The van der Waals surface area contributed by atoms with E-state index in [9.17, 15) is 23.7 Å². The maximum Gasteiger partial charge on any atom is 0.286 e. The van der Waals surface area contributed by atoms with Gasteiger partial charge in [-0.05, 0) is 5.56 Å². The first-order valence-corrected chi connectivity index (χ1v) is 8.85. The fourth-order valence-corrected chi connectivity index (χ4v) is 2.62. The molecule has 0 bridgehead atoms. The van der Waals surface area contributed by atoms with E-state index >= 15 is 0 Å². The van der Waals surface area contributed by atoms with Gasteiger partial charge in [0.05, 0.1) is 24.6 Å². The Kier molecular flexibility index (Phi) is 7.08. The summed E-state index contributed by atoms with van der Waals surface area (Å²) in [7, 11) is 2.49. The number of carbonyl (C=O) groups excluding carboxylic acids is 1. The van der Waals surface area contributed by atoms with Crippen LogP contribution in [-0.4, -0.2) is 42.4 Å². The third-order valence-corrected chi connectivity index (χ3v) is 4.28. The SMILES string of the molecule is CCC(F)(F)CN(C)C(=O)c1cc(OC)c(OCc2ccccc2)cc1[N+](=O)[O-]. The summed E-state index contributed by atoms with van der Waals surface area (Å²) >= 11 is 0. The summed E-state index contributed by atoms with van der Waals surface area (Å²) in [4.78, 5) is 24.1. The lowest BCUT2D eigenvalue weighted by atomic mass is 10.1. The van der Waals surface area contributed by atoms with E-state index in [4.69, 9.17) is 9.47 Å². The molecule has 7 nitrogen and oxygen atoms in total. The molecular weight excluding hydrogens is 386 g/mol. The van der Waals surface area contributed by atoms with Gasteiger partial charge in [-0.1, -0.05) is 37.3 Å². The number of halogens is 2. The minimum Gasteiger partial charge on any atom is -0.493 e. The Morgan fingerprint density at radius 3 is 2.41 bits per heavy atom. The summed E-state index contributed by atoms with van der Waals surface area (Å²) in [5.41, 5.74) is -0.0715. The van der Waals surface area contributed by atoms with Crippen LogP contribution in [0.25, 0.3) is 0 Å². The lowest BCUT2D eigenvalue weighted by molar-refractivity contribution is -0.385. The van der Waals surface area contributed by atoms with Crippen LogP contribution in [0, 0.1) is 10.1 Å². The van der Waals surface area contributed by atoms with E-state index in [-0.39, 0.29) is 23.7 Å². The maximum absolute atomic E-state index is 13.6. The molecule has 156 valence electrons. The highest BCUT2D eigenvalue weighted by Gasteiger charge is 2.33. The topological polar surface area (TPSA) is 81.9 Å². The minimum atomic E-state index is -3.10. The molecule has 0 heterocycles. The molecule has 29 heavy (non-hydrogen) atoms. The third kappa shape index (κ3) is 5.63. The second kappa shape index (κ2) is 9.31. The molecule has 0 aromatic heterocycles. The third-order valence-electron chi connectivity index (χ3n) is 4.28. The first-order chi connectivity index (χ1) is 13.7. The number of rotatable bonds is 9. The fourth-order valence-electron chi connectivity index (χ4n) is 2.62. The Bertz CT molecular complexity index is 875. The summed E-state index contributed by atoms with van der Waals surface area (Å²) in [6.45, 7) is 0.570. The van der Waals surface area contributed by atoms with Gasteiger partial charge in [0.2, 0.25) is 0 Å². The zero-order valence-corrected chi connectivity index (χ0v) is 16.4. The second-order valence-electron chi connectivity index (χ2n) is 6.42. The van der Waals surface area contributed by atoms with Gasteiger partial charge in [0, 0.05) is 19.5 Å². The van der Waals surface area contributed by atoms with E-state index in [2.05, 4.69) is 0 Å². The Hall–Kier alpha value is -3.23. The van der Waals surface area contributed by atoms with Crippen LogP contribution in [0.4, 0.5) is 14.5 Å². The lowest BCUT2D eigenvalue weighted by Gasteiger charge is -2.23. The van der Waals surface area contributed by atoms with E-state index in [1.807, 2.05) is 30.3 Å². The van der Waals surface area contributed by atoms with Gasteiger partial charge in [0.25, 0.3) is 17.5 Å². The van der Waals surface area contributed by atoms with Crippen molar-refractivity contribution in [1.82, 2.24) is 4.90 Å². The summed E-state index contributed by atoms with van der Waals surface area (Å²) in [6.07, 6.45) is -0.456. The zero-order chi connectivity index (χ0) is 21.6. The van der Waals surface area contributed by atoms with Crippen molar-refractivity contribution in [3.8, 4) is 11.5 Å². The summed E-state index contributed by atoms with van der Waals surface area (Å²) in [5.74, 6) is -3.84. The Labute approximate surface area is 167 Å². The van der Waals surface area contributed by atoms with Crippen molar-refractivity contribution in [2.45, 2.75) is 25.9 Å². The molecule has 0 atom stereocenters. The summed E-state index contributed by atoms with van der Waals surface area (Å²) in [6, 6.07) is 11.3. The number of nitrogens with zero attached hydrogens (tertiary/aromatic N) is 2. The molecule has 1 amide bonds. The highest BCUT2D eigenvalue weighted by molar-refractivity contribution is 5.99. The number of methoxy groups -OCH3 is 1. The van der Waals surface area contributed by atoms with Crippen molar-refractivity contribution >= 4 is 11.6 Å². The molecule has 0 unspecified atom stereocenters. The van der Waals surface area contributed by atoms with Gasteiger partial charge in [0.1, 0.15) is 12.2 Å². The average molecular weight is 408 g/mol. The summed E-state index contributed by atoms with van der Waals surface area (Å²) < 4.78 is 38.1. The number of amides is 1. The van der Waals surface area contributed by atoms with Gasteiger partial charge in [-0.15, -0.1) is 0 Å². The number of ether oxygens (including phenoxy) is 2. The van der Waals surface area contributed by atoms with Crippen LogP contribution in [0.1, 0.15) is 29.3 Å². The zero-order valence-electron chi connectivity index (χ0n) is 16.4. The fraction of sp³-hybridized carbons (Fsp3) is 0.350. The van der Waals surface area contributed by atoms with E-state index in [1.54, 1.807) is 0 Å². The van der Waals surface area contributed by atoms with Crippen LogP contribution in [0.3, 0.4) is 0 Å². The first-order valence-electron chi connectivity index (χ1n) is 8.85. The Balaban J connectivity index is 2.35. The molecule has 2 aromatic rings. The molecule has 2 rings (SSSR count). The minimum absolute atomic E-state index is 0.0705. The number of carbonyl (C=O) groups is 1. The predicted molar refractivity (Wildman–Crippen MR) is 103 cm³/mol. The molecule has 0 fully saturated rings. The number of nitro groups is 1. The molecule has 9 heteroatoms. The van der Waals surface area contributed by atoms with Crippen LogP contribution in [0.2, 0.25) is 0 Å². The van der Waals surface area contributed by atoms with Crippen LogP contribution in [0.15, 0.2) is 42.5 Å². The quantitative estimate of drug-likeness (QED) is 0.456. The standard InChI is InChI=1S/C20H22F2N2O5/c1-4-20(21,22)13-23(2)19(25)15-10-17(28-3)18(11-16(15)24(26)27)29-12-14-8-6-5-7-9-14/h5-11H,4,12-13H2,1-3H3. The van der Waals surface area contributed by atoms with Crippen molar-refractivity contribution in [1.29, 1.82) is 0 Å². The molecule has 0 aliphatic heterocycles. The van der Waals surface area contributed by atoms with Gasteiger partial charge in [-0.3, -0.25) is 14.9 Å². The number of alkyl halides is 2. The molecule has 0 saturated heterocycles. The predicted octanol–water partition coefficient (Wildman–Crippen LogP) is 4.30. The monoisotopic (exact) mass is 408 g/mol. The highest BCUT2D eigenvalue weighted by Crippen LogP contribution is 2.36. The second-order valence-corrected chi connectivity index (χ2v) is 6.42. The van der Waals surface area contributed by atoms with Crippen LogP contribution >= 0.6 is 0 Å². The number of benzene rings is 2. The van der Waals surface area contributed by atoms with Crippen LogP contribution in [-0.2, 0) is 6.61 Å². The van der Waals surface area contributed by atoms with Gasteiger partial charge >= 0.3 is 0 Å². The molecule has 0 radical (unpaired) electrons. The smallest absolute Gasteiger partial charge is 0.286 e. The van der Waals surface area contributed by atoms with E-state index in [0.717, 1.165) is 22.6 Å². The molecule has 0 N–H and O–H groups in total. The highest BCUT2D eigenvalue weighted by atomic mass is 19.3. The largest absolute Gasteiger partial charge is 0.493 e. The van der Waals surface area contributed by atoms with Gasteiger partial charge in [0.15, 0.2) is 11.5 Å². The van der Waals surface area contributed by atoms with Crippen molar-refractivity contribution in [3.05, 3.63) is 63.7 Å². The lowest BCUT2D eigenvalue weighted by Crippen LogP contribution is -2.38. The molecule has 0 saturated carbocycles. The van der Waals surface area contributed by atoms with Crippen molar-refractivity contribution in [2.75, 3.05) is 20.7 Å². The van der Waals surface area contributed by atoms with Crippen molar-refractivity contribution < 1.29 is 28.0 Å². The van der Waals surface area contributed by atoms with Gasteiger partial charge < -0.3 is 14.4 Å². The van der Waals surface area contributed by atoms with Crippen LogP contribution in [0.5, 0.6) is 11.5 Å². The van der Waals surface area contributed by atoms with Gasteiger partial charge in [-0.25, -0.2) is 8.78 Å². The van der Waals surface area contributed by atoms with Crippen LogP contribution < -0.4 is 9.47 Å². The number of hydrogen-bond acceptors (Lipinski definition) is 5. The van der Waals surface area contributed by atoms with E-state index in [0.29, 0.717) is 0 Å². The first kappa shape index (κ1) is 22.1. The van der Waals surface area contributed by atoms with Crippen molar-refractivity contribution in [3.63, 3.8) is 0 Å². The van der Waals surface area contributed by atoms with E-state index in [1.165, 1.54) is 21.1 Å².